The summed E-state index contributed by atoms with van der Waals surface area (Å²) in [5.41, 5.74) is 0.405. The third-order valence-corrected chi connectivity index (χ3v) is 4.82. The number of nitrogens with one attached hydrogen (secondary N) is 1. The van der Waals surface area contributed by atoms with Crippen LogP contribution in [0.3, 0.4) is 0 Å². The van der Waals surface area contributed by atoms with Gasteiger partial charge < -0.3 is 5.32 Å². The summed E-state index contributed by atoms with van der Waals surface area (Å²) in [6.07, 6.45) is -4.32. The molecule has 1 amide bonds. The predicted octanol–water partition coefficient (Wildman–Crippen LogP) is 4.17. The van der Waals surface area contributed by atoms with Crippen molar-refractivity contribution in [2.75, 3.05) is 5.32 Å². The van der Waals surface area contributed by atoms with Crippen molar-refractivity contribution < 1.29 is 18.0 Å². The molecule has 2 heterocycles. The van der Waals surface area contributed by atoms with Gasteiger partial charge in [-0.2, -0.15) is 13.2 Å². The van der Waals surface area contributed by atoms with E-state index in [0.717, 1.165) is 17.1 Å². The average molecular weight is 384 g/mol. The van der Waals surface area contributed by atoms with Gasteiger partial charge in [-0.1, -0.05) is 23.5 Å². The van der Waals surface area contributed by atoms with Crippen molar-refractivity contribution in [1.82, 2.24) is 15.2 Å². The molecule has 0 spiro atoms. The number of halogens is 3. The van der Waals surface area contributed by atoms with Crippen LogP contribution >= 0.6 is 22.7 Å². The lowest BCUT2D eigenvalue weighted by Gasteiger charge is -2.06. The standard InChI is InChI=1S/C15H11F3N4OS2/c1-8-21-22-14(25-8)20-12(23)6-11-7-24-13(19-11)9-2-4-10(5-3-9)15(16,17)18/h2-5,7H,6H2,1H3,(H,20,22,23). The Morgan fingerprint density at radius 3 is 2.52 bits per heavy atom. The first-order chi connectivity index (χ1) is 11.8. The second-order valence-corrected chi connectivity index (χ2v) is 7.11. The molecule has 25 heavy (non-hydrogen) atoms. The van der Waals surface area contributed by atoms with Crippen molar-refractivity contribution in [3.8, 4) is 10.6 Å². The Labute approximate surface area is 148 Å². The number of carbonyl (C=O) groups is 1. The summed E-state index contributed by atoms with van der Waals surface area (Å²) < 4.78 is 37.8. The molecule has 0 saturated heterocycles. The molecule has 5 nitrogen and oxygen atoms in total. The summed E-state index contributed by atoms with van der Waals surface area (Å²) in [5, 5.41) is 13.7. The summed E-state index contributed by atoms with van der Waals surface area (Å²) in [6.45, 7) is 1.78. The highest BCUT2D eigenvalue weighted by Gasteiger charge is 2.30. The maximum absolute atomic E-state index is 12.6. The Morgan fingerprint density at radius 2 is 1.92 bits per heavy atom. The molecule has 0 fully saturated rings. The highest BCUT2D eigenvalue weighted by molar-refractivity contribution is 7.15. The van der Waals surface area contributed by atoms with Gasteiger partial charge in [0, 0.05) is 10.9 Å². The molecule has 10 heteroatoms. The van der Waals surface area contributed by atoms with E-state index in [1.54, 1.807) is 12.3 Å². The molecule has 0 aliphatic rings. The lowest BCUT2D eigenvalue weighted by atomic mass is 10.1. The van der Waals surface area contributed by atoms with Gasteiger partial charge in [0.1, 0.15) is 10.0 Å². The Morgan fingerprint density at radius 1 is 1.20 bits per heavy atom. The van der Waals surface area contributed by atoms with Crippen LogP contribution in [0.4, 0.5) is 18.3 Å². The molecule has 0 aliphatic carbocycles. The zero-order valence-corrected chi connectivity index (χ0v) is 14.4. The second-order valence-electron chi connectivity index (χ2n) is 5.07. The summed E-state index contributed by atoms with van der Waals surface area (Å²) in [5.74, 6) is -0.277. The third kappa shape index (κ3) is 4.40. The van der Waals surface area contributed by atoms with E-state index in [-0.39, 0.29) is 12.3 Å². The molecule has 3 aromatic rings. The van der Waals surface area contributed by atoms with Gasteiger partial charge >= 0.3 is 6.18 Å². The highest BCUT2D eigenvalue weighted by Crippen LogP contribution is 2.31. The zero-order valence-electron chi connectivity index (χ0n) is 12.8. The normalized spacial score (nSPS) is 11.5. The van der Waals surface area contributed by atoms with E-state index >= 15 is 0 Å². The number of benzene rings is 1. The van der Waals surface area contributed by atoms with Gasteiger partial charge in [-0.05, 0) is 19.1 Å². The molecular weight excluding hydrogens is 373 g/mol. The topological polar surface area (TPSA) is 67.8 Å². The zero-order chi connectivity index (χ0) is 18.0. The van der Waals surface area contributed by atoms with E-state index in [0.29, 0.717) is 21.4 Å². The molecule has 0 saturated carbocycles. The van der Waals surface area contributed by atoms with Crippen molar-refractivity contribution in [3.63, 3.8) is 0 Å². The molecule has 1 N–H and O–H groups in total. The number of hydrogen-bond donors (Lipinski definition) is 1. The minimum atomic E-state index is -4.37. The summed E-state index contributed by atoms with van der Waals surface area (Å²) in [7, 11) is 0. The first-order valence-corrected chi connectivity index (χ1v) is 8.73. The molecule has 2 aromatic heterocycles. The van der Waals surface area contributed by atoms with Gasteiger partial charge in [0.25, 0.3) is 0 Å². The smallest absolute Gasteiger partial charge is 0.300 e. The van der Waals surface area contributed by atoms with Crippen LogP contribution in [-0.4, -0.2) is 21.1 Å². The summed E-state index contributed by atoms with van der Waals surface area (Å²) >= 11 is 2.54. The van der Waals surface area contributed by atoms with Crippen LogP contribution in [0, 0.1) is 6.92 Å². The maximum atomic E-state index is 12.6. The molecule has 0 unspecified atom stereocenters. The number of hydrogen-bond acceptors (Lipinski definition) is 6. The number of nitrogens with zero attached hydrogens (tertiary/aromatic N) is 3. The number of thiazole rings is 1. The molecule has 0 radical (unpaired) electrons. The molecule has 1 aromatic carbocycles. The SMILES string of the molecule is Cc1nnc(NC(=O)Cc2csc(-c3ccc(C(F)(F)F)cc3)n2)s1. The first-order valence-electron chi connectivity index (χ1n) is 7.03. The van der Waals surface area contributed by atoms with Crippen LogP contribution < -0.4 is 5.32 Å². The van der Waals surface area contributed by atoms with Gasteiger partial charge in [0.2, 0.25) is 11.0 Å². The quantitative estimate of drug-likeness (QED) is 0.733. The molecule has 3 rings (SSSR count). The van der Waals surface area contributed by atoms with Crippen molar-refractivity contribution in [1.29, 1.82) is 0 Å². The van der Waals surface area contributed by atoms with Gasteiger partial charge in [-0.3, -0.25) is 4.79 Å². The number of amides is 1. The second kappa shape index (κ2) is 6.89. The molecule has 130 valence electrons. The van der Waals surface area contributed by atoms with Crippen LogP contribution in [-0.2, 0) is 17.4 Å². The molecule has 0 aliphatic heterocycles. The van der Waals surface area contributed by atoms with E-state index in [1.807, 2.05) is 0 Å². The van der Waals surface area contributed by atoms with Crippen LogP contribution in [0.25, 0.3) is 10.6 Å². The molecule has 0 atom stereocenters. The fourth-order valence-electron chi connectivity index (χ4n) is 2.00. The molecule has 0 bridgehead atoms. The number of aryl methyl sites for hydroxylation is 1. The van der Waals surface area contributed by atoms with Crippen molar-refractivity contribution >= 4 is 33.7 Å². The van der Waals surface area contributed by atoms with E-state index in [9.17, 15) is 18.0 Å². The van der Waals surface area contributed by atoms with Gasteiger partial charge in [0.05, 0.1) is 17.7 Å². The largest absolute Gasteiger partial charge is 0.416 e. The maximum Gasteiger partial charge on any atom is 0.416 e. The van der Waals surface area contributed by atoms with Crippen LogP contribution in [0.2, 0.25) is 0 Å². The van der Waals surface area contributed by atoms with Crippen LogP contribution in [0.15, 0.2) is 29.6 Å². The third-order valence-electron chi connectivity index (χ3n) is 3.12. The number of carbonyl (C=O) groups excluding carboxylic acids is 1. The lowest BCUT2D eigenvalue weighted by Crippen LogP contribution is -2.14. The van der Waals surface area contributed by atoms with Crippen LogP contribution in [0.5, 0.6) is 0 Å². The van der Waals surface area contributed by atoms with Crippen molar-refractivity contribution in [3.05, 3.63) is 45.9 Å². The monoisotopic (exact) mass is 384 g/mol. The summed E-state index contributed by atoms with van der Waals surface area (Å²) in [6, 6.07) is 4.77. The van der Waals surface area contributed by atoms with E-state index in [2.05, 4.69) is 20.5 Å². The number of rotatable bonds is 4. The lowest BCUT2D eigenvalue weighted by molar-refractivity contribution is -0.137. The first kappa shape index (κ1) is 17.5. The van der Waals surface area contributed by atoms with Gasteiger partial charge in [-0.25, -0.2) is 4.98 Å². The van der Waals surface area contributed by atoms with Crippen molar-refractivity contribution in [2.24, 2.45) is 0 Å². The Bertz CT molecular complexity index is 887. The number of aromatic nitrogens is 3. The molecular formula is C15H11F3N4OS2. The van der Waals surface area contributed by atoms with Gasteiger partial charge in [0.15, 0.2) is 0 Å². The Kier molecular flexibility index (Phi) is 4.82. The van der Waals surface area contributed by atoms with Crippen molar-refractivity contribution in [2.45, 2.75) is 19.5 Å². The fraction of sp³-hybridized carbons (Fsp3) is 0.200. The minimum absolute atomic E-state index is 0.0514. The van der Waals surface area contributed by atoms with E-state index < -0.39 is 11.7 Å². The Hall–Kier alpha value is -2.33. The average Bonchev–Trinajstić information content (AvgIpc) is 3.16. The van der Waals surface area contributed by atoms with E-state index in [4.69, 9.17) is 0 Å². The highest BCUT2D eigenvalue weighted by atomic mass is 32.1. The van der Waals surface area contributed by atoms with Gasteiger partial charge in [-0.15, -0.1) is 21.5 Å². The number of alkyl halides is 3. The fourth-order valence-corrected chi connectivity index (χ4v) is 3.43. The van der Waals surface area contributed by atoms with E-state index in [1.165, 1.54) is 34.8 Å². The number of anilines is 1. The predicted molar refractivity (Wildman–Crippen MR) is 89.5 cm³/mol. The summed E-state index contributed by atoms with van der Waals surface area (Å²) in [4.78, 5) is 16.3. The van der Waals surface area contributed by atoms with Crippen LogP contribution in [0.1, 0.15) is 16.3 Å². The minimum Gasteiger partial charge on any atom is -0.300 e. The Balaban J connectivity index is 1.66.